The van der Waals surface area contributed by atoms with Crippen molar-refractivity contribution < 1.29 is 5.11 Å². The van der Waals surface area contributed by atoms with E-state index in [1.165, 1.54) is 5.56 Å². The molecule has 0 amide bonds. The first-order valence-electron chi connectivity index (χ1n) is 5.58. The number of nitrogens with one attached hydrogen (secondary N) is 2. The summed E-state index contributed by atoms with van der Waals surface area (Å²) in [5.74, 6) is 0.338. The van der Waals surface area contributed by atoms with E-state index in [-0.39, 0.29) is 0 Å². The third-order valence-corrected chi connectivity index (χ3v) is 2.86. The molecule has 3 N–H and O–H groups in total. The number of hydrogen-bond acceptors (Lipinski definition) is 3. The summed E-state index contributed by atoms with van der Waals surface area (Å²) in [6.45, 7) is 4.11. The molecule has 1 aromatic rings. The standard InChI is InChI=1S/C12H18N2O/c1-2-13-8-10-5-3-9-4-6-11(15)7-12(9)14-10/h4,6-7,10,13-15H,2-3,5,8H2,1H3. The van der Waals surface area contributed by atoms with Crippen LogP contribution in [0.4, 0.5) is 5.69 Å². The third kappa shape index (κ3) is 2.42. The Morgan fingerprint density at radius 1 is 1.53 bits per heavy atom. The molecule has 3 heteroatoms. The van der Waals surface area contributed by atoms with E-state index in [0.717, 1.165) is 31.6 Å². The van der Waals surface area contributed by atoms with Gasteiger partial charge >= 0.3 is 0 Å². The smallest absolute Gasteiger partial charge is 0.117 e. The maximum atomic E-state index is 9.39. The van der Waals surface area contributed by atoms with E-state index in [1.807, 2.05) is 12.1 Å². The number of rotatable bonds is 3. The van der Waals surface area contributed by atoms with Gasteiger partial charge < -0.3 is 15.7 Å². The molecule has 1 unspecified atom stereocenters. The molecule has 1 heterocycles. The molecule has 1 atom stereocenters. The Kier molecular flexibility index (Phi) is 3.11. The van der Waals surface area contributed by atoms with E-state index in [9.17, 15) is 5.11 Å². The Labute approximate surface area is 90.5 Å². The molecule has 0 bridgehead atoms. The van der Waals surface area contributed by atoms with E-state index in [2.05, 4.69) is 17.6 Å². The number of anilines is 1. The van der Waals surface area contributed by atoms with Crippen molar-refractivity contribution in [2.45, 2.75) is 25.8 Å². The summed E-state index contributed by atoms with van der Waals surface area (Å²) in [6.07, 6.45) is 2.25. The Balaban J connectivity index is 2.05. The fourth-order valence-electron chi connectivity index (χ4n) is 2.01. The third-order valence-electron chi connectivity index (χ3n) is 2.86. The quantitative estimate of drug-likeness (QED) is 0.705. The van der Waals surface area contributed by atoms with Crippen LogP contribution >= 0.6 is 0 Å². The molecule has 1 aliphatic heterocycles. The van der Waals surface area contributed by atoms with Gasteiger partial charge in [0.25, 0.3) is 0 Å². The second-order valence-corrected chi connectivity index (χ2v) is 4.03. The lowest BCUT2D eigenvalue weighted by molar-refractivity contribution is 0.474. The van der Waals surface area contributed by atoms with Crippen LogP contribution in [0.2, 0.25) is 0 Å². The van der Waals surface area contributed by atoms with Gasteiger partial charge in [0.2, 0.25) is 0 Å². The lowest BCUT2D eigenvalue weighted by Gasteiger charge is -2.27. The fraction of sp³-hybridized carbons (Fsp3) is 0.500. The van der Waals surface area contributed by atoms with Crippen LogP contribution in [-0.2, 0) is 6.42 Å². The Hall–Kier alpha value is -1.22. The second-order valence-electron chi connectivity index (χ2n) is 4.03. The number of fused-ring (bicyclic) bond motifs is 1. The van der Waals surface area contributed by atoms with E-state index in [0.29, 0.717) is 11.8 Å². The predicted molar refractivity (Wildman–Crippen MR) is 62.4 cm³/mol. The molecule has 82 valence electrons. The SMILES string of the molecule is CCNCC1CCc2ccc(O)cc2N1. The zero-order valence-corrected chi connectivity index (χ0v) is 9.09. The summed E-state index contributed by atoms with van der Waals surface area (Å²) in [4.78, 5) is 0. The van der Waals surface area contributed by atoms with Crippen molar-refractivity contribution in [3.8, 4) is 5.75 Å². The van der Waals surface area contributed by atoms with Gasteiger partial charge in [0.1, 0.15) is 5.75 Å². The van der Waals surface area contributed by atoms with Gasteiger partial charge in [0.15, 0.2) is 0 Å². The molecule has 2 rings (SSSR count). The molecule has 0 saturated heterocycles. The monoisotopic (exact) mass is 206 g/mol. The van der Waals surface area contributed by atoms with Gasteiger partial charge in [0, 0.05) is 24.3 Å². The summed E-state index contributed by atoms with van der Waals surface area (Å²) in [6, 6.07) is 6.05. The van der Waals surface area contributed by atoms with Crippen LogP contribution < -0.4 is 10.6 Å². The number of phenols is 1. The fourth-order valence-corrected chi connectivity index (χ4v) is 2.01. The van der Waals surface area contributed by atoms with Crippen LogP contribution in [-0.4, -0.2) is 24.2 Å². The lowest BCUT2D eigenvalue weighted by Crippen LogP contribution is -2.35. The molecular formula is C12H18N2O. The number of benzene rings is 1. The van der Waals surface area contributed by atoms with Crippen LogP contribution in [0.5, 0.6) is 5.75 Å². The molecule has 0 spiro atoms. The molecule has 15 heavy (non-hydrogen) atoms. The summed E-state index contributed by atoms with van der Waals surface area (Å²) in [5, 5.41) is 16.2. The van der Waals surface area contributed by atoms with Crippen molar-refractivity contribution in [1.29, 1.82) is 0 Å². The first kappa shape index (κ1) is 10.3. The highest BCUT2D eigenvalue weighted by molar-refractivity contribution is 5.57. The van der Waals surface area contributed by atoms with Crippen LogP contribution in [0, 0.1) is 0 Å². The minimum absolute atomic E-state index is 0.338. The molecular weight excluding hydrogens is 188 g/mol. The van der Waals surface area contributed by atoms with Crippen molar-refractivity contribution in [3.63, 3.8) is 0 Å². The Morgan fingerprint density at radius 2 is 2.40 bits per heavy atom. The van der Waals surface area contributed by atoms with Gasteiger partial charge in [-0.05, 0) is 31.0 Å². The lowest BCUT2D eigenvalue weighted by atomic mass is 9.98. The molecule has 0 fully saturated rings. The van der Waals surface area contributed by atoms with Crippen LogP contribution in [0.25, 0.3) is 0 Å². The highest BCUT2D eigenvalue weighted by Crippen LogP contribution is 2.27. The number of likely N-dealkylation sites (N-methyl/N-ethyl adjacent to an activating group) is 1. The summed E-state index contributed by atoms with van der Waals surface area (Å²) in [5.41, 5.74) is 2.39. The molecule has 1 aliphatic rings. The van der Waals surface area contributed by atoms with Crippen molar-refractivity contribution in [2.24, 2.45) is 0 Å². The largest absolute Gasteiger partial charge is 0.508 e. The number of phenolic OH excluding ortho intramolecular Hbond substituents is 1. The average molecular weight is 206 g/mol. The Morgan fingerprint density at radius 3 is 3.20 bits per heavy atom. The molecule has 0 aromatic heterocycles. The van der Waals surface area contributed by atoms with E-state index >= 15 is 0 Å². The number of hydrogen-bond donors (Lipinski definition) is 3. The van der Waals surface area contributed by atoms with E-state index < -0.39 is 0 Å². The van der Waals surface area contributed by atoms with Crippen molar-refractivity contribution in [2.75, 3.05) is 18.4 Å². The minimum Gasteiger partial charge on any atom is -0.508 e. The normalized spacial score (nSPS) is 19.4. The van der Waals surface area contributed by atoms with E-state index in [4.69, 9.17) is 0 Å². The molecule has 0 aliphatic carbocycles. The van der Waals surface area contributed by atoms with Gasteiger partial charge in [-0.15, -0.1) is 0 Å². The highest BCUT2D eigenvalue weighted by Gasteiger charge is 2.16. The maximum absolute atomic E-state index is 9.39. The molecule has 1 aromatic carbocycles. The van der Waals surface area contributed by atoms with Crippen LogP contribution in [0.15, 0.2) is 18.2 Å². The molecule has 0 saturated carbocycles. The molecule has 0 radical (unpaired) electrons. The van der Waals surface area contributed by atoms with Crippen molar-refractivity contribution in [1.82, 2.24) is 5.32 Å². The van der Waals surface area contributed by atoms with Gasteiger partial charge in [-0.3, -0.25) is 0 Å². The zero-order valence-electron chi connectivity index (χ0n) is 9.09. The van der Waals surface area contributed by atoms with Gasteiger partial charge in [0.05, 0.1) is 0 Å². The van der Waals surface area contributed by atoms with Gasteiger partial charge in [-0.2, -0.15) is 0 Å². The summed E-state index contributed by atoms with van der Waals surface area (Å²) >= 11 is 0. The number of aryl methyl sites for hydroxylation is 1. The van der Waals surface area contributed by atoms with Crippen molar-refractivity contribution >= 4 is 5.69 Å². The maximum Gasteiger partial charge on any atom is 0.117 e. The van der Waals surface area contributed by atoms with Gasteiger partial charge in [-0.1, -0.05) is 13.0 Å². The average Bonchev–Trinajstić information content (AvgIpc) is 2.25. The topological polar surface area (TPSA) is 44.3 Å². The predicted octanol–water partition coefficient (Wildman–Crippen LogP) is 1.73. The number of aromatic hydroxyl groups is 1. The summed E-state index contributed by atoms with van der Waals surface area (Å²) in [7, 11) is 0. The minimum atomic E-state index is 0.338. The van der Waals surface area contributed by atoms with Crippen LogP contribution in [0.3, 0.4) is 0 Å². The zero-order chi connectivity index (χ0) is 10.7. The van der Waals surface area contributed by atoms with Gasteiger partial charge in [-0.25, -0.2) is 0 Å². The van der Waals surface area contributed by atoms with Crippen LogP contribution in [0.1, 0.15) is 18.9 Å². The second kappa shape index (κ2) is 4.53. The highest BCUT2D eigenvalue weighted by atomic mass is 16.3. The van der Waals surface area contributed by atoms with E-state index in [1.54, 1.807) is 6.07 Å². The first-order valence-corrected chi connectivity index (χ1v) is 5.58. The Bertz CT molecular complexity index is 338. The first-order chi connectivity index (χ1) is 7.29. The van der Waals surface area contributed by atoms with Crippen molar-refractivity contribution in [3.05, 3.63) is 23.8 Å². The molecule has 3 nitrogen and oxygen atoms in total. The summed E-state index contributed by atoms with van der Waals surface area (Å²) < 4.78 is 0.